The second-order valence-electron chi connectivity index (χ2n) is 5.97. The Hall–Kier alpha value is -2.39. The van der Waals surface area contributed by atoms with Gasteiger partial charge in [0.2, 0.25) is 0 Å². The molecule has 25 heavy (non-hydrogen) atoms. The fourth-order valence-corrected chi connectivity index (χ4v) is 3.30. The predicted molar refractivity (Wildman–Crippen MR) is 89.6 cm³/mol. The van der Waals surface area contributed by atoms with E-state index in [-0.39, 0.29) is 29.1 Å². The third kappa shape index (κ3) is 2.69. The minimum atomic E-state index is -1.70. The summed E-state index contributed by atoms with van der Waals surface area (Å²) in [7, 11) is 0. The zero-order valence-corrected chi connectivity index (χ0v) is 13.7. The first-order valence-electron chi connectivity index (χ1n) is 8.04. The number of nitrogen functional groups attached to an aromatic ring is 1. The number of piperazine rings is 1. The zero-order valence-electron chi connectivity index (χ0n) is 13.7. The van der Waals surface area contributed by atoms with Crippen LogP contribution in [0.25, 0.3) is 0 Å². The summed E-state index contributed by atoms with van der Waals surface area (Å²) in [4.78, 5) is 14.2. The lowest BCUT2D eigenvalue weighted by atomic mass is 9.93. The number of carboxylic acids is 1. The first-order chi connectivity index (χ1) is 11.9. The Bertz CT molecular complexity index is 748. The number of nitrogens with two attached hydrogens (primary N) is 1. The van der Waals surface area contributed by atoms with Crippen molar-refractivity contribution >= 4 is 23.0 Å². The number of hydrogen-bond acceptors (Lipinski definition) is 6. The van der Waals surface area contributed by atoms with Gasteiger partial charge in [0, 0.05) is 44.5 Å². The van der Waals surface area contributed by atoms with Crippen LogP contribution in [-0.4, -0.2) is 48.9 Å². The van der Waals surface area contributed by atoms with E-state index in [0.29, 0.717) is 26.2 Å². The number of nitrogens with one attached hydrogen (secondary N) is 1. The molecule has 1 atom stereocenters. The molecule has 0 amide bonds. The summed E-state index contributed by atoms with van der Waals surface area (Å²) in [6.45, 7) is 3.92. The molecule has 0 radical (unpaired) electrons. The topological polar surface area (TPSA) is 102 Å². The van der Waals surface area contributed by atoms with Gasteiger partial charge in [-0.2, -0.15) is 0 Å². The number of nitrogens with zero attached hydrogens (tertiary/aromatic N) is 2. The summed E-state index contributed by atoms with van der Waals surface area (Å²) >= 11 is 0. The van der Waals surface area contributed by atoms with E-state index in [1.165, 1.54) is 4.90 Å². The molecule has 0 bridgehead atoms. The van der Waals surface area contributed by atoms with Crippen molar-refractivity contribution in [2.75, 3.05) is 48.3 Å². The van der Waals surface area contributed by atoms with Crippen molar-refractivity contribution in [3.05, 3.63) is 29.0 Å². The molecule has 136 valence electrons. The number of fused-ring (bicyclic) bond motifs is 1. The highest BCUT2D eigenvalue weighted by atomic mass is 19.1. The van der Waals surface area contributed by atoms with Gasteiger partial charge in [0.05, 0.1) is 16.9 Å². The number of aliphatic hydroxyl groups excluding tert-OH is 1. The molecule has 1 fully saturated rings. The van der Waals surface area contributed by atoms with Crippen LogP contribution in [0.4, 0.5) is 25.8 Å². The van der Waals surface area contributed by atoms with Crippen molar-refractivity contribution in [1.29, 1.82) is 0 Å². The molecule has 3 rings (SSSR count). The van der Waals surface area contributed by atoms with Gasteiger partial charge >= 0.3 is 5.97 Å². The summed E-state index contributed by atoms with van der Waals surface area (Å²) in [5, 5.41) is 22.7. The summed E-state index contributed by atoms with van der Waals surface area (Å²) < 4.78 is 30.1. The molecular formula is C16H20F2N4O3. The maximum atomic E-state index is 15.2. The minimum absolute atomic E-state index is 0.0765. The Kier molecular flexibility index (Phi) is 4.53. The normalized spacial score (nSPS) is 20.3. The molecule has 1 aromatic rings. The minimum Gasteiger partial charge on any atom is -0.478 e. The highest BCUT2D eigenvalue weighted by Gasteiger charge is 2.37. The van der Waals surface area contributed by atoms with E-state index in [1.54, 1.807) is 11.8 Å². The van der Waals surface area contributed by atoms with Crippen molar-refractivity contribution in [2.45, 2.75) is 13.0 Å². The Morgan fingerprint density at radius 1 is 1.32 bits per heavy atom. The van der Waals surface area contributed by atoms with Crippen molar-refractivity contribution < 1.29 is 23.8 Å². The van der Waals surface area contributed by atoms with Crippen LogP contribution < -0.4 is 20.9 Å². The van der Waals surface area contributed by atoms with Crippen molar-refractivity contribution in [1.82, 2.24) is 5.32 Å². The highest BCUT2D eigenvalue weighted by molar-refractivity contribution is 5.92. The van der Waals surface area contributed by atoms with Crippen LogP contribution >= 0.6 is 0 Å². The van der Waals surface area contributed by atoms with Gasteiger partial charge in [0.1, 0.15) is 11.8 Å². The molecule has 5 N–H and O–H groups in total. The molecule has 0 saturated carbocycles. The zero-order chi connectivity index (χ0) is 18.3. The summed E-state index contributed by atoms with van der Waals surface area (Å²) in [5.41, 5.74) is 4.49. The maximum Gasteiger partial charge on any atom is 0.336 e. The van der Waals surface area contributed by atoms with Crippen LogP contribution in [-0.2, 0) is 4.79 Å². The lowest BCUT2D eigenvalue weighted by Crippen LogP contribution is -2.44. The molecular weight excluding hydrogens is 334 g/mol. The van der Waals surface area contributed by atoms with Gasteiger partial charge in [-0.25, -0.2) is 13.6 Å². The molecule has 2 aliphatic rings. The molecule has 0 aliphatic carbocycles. The van der Waals surface area contributed by atoms with E-state index in [2.05, 4.69) is 5.32 Å². The number of aliphatic carboxylic acids is 1. The van der Waals surface area contributed by atoms with Crippen LogP contribution in [0.5, 0.6) is 0 Å². The first kappa shape index (κ1) is 17.4. The number of rotatable bonds is 3. The number of carboxylic acid groups (broad SMARTS) is 1. The molecule has 1 aromatic carbocycles. The summed E-state index contributed by atoms with van der Waals surface area (Å²) in [5.74, 6) is -3.19. The third-order valence-corrected chi connectivity index (χ3v) is 4.58. The monoisotopic (exact) mass is 354 g/mol. The van der Waals surface area contributed by atoms with Crippen molar-refractivity contribution in [2.24, 2.45) is 0 Å². The Morgan fingerprint density at radius 2 is 1.96 bits per heavy atom. The second kappa shape index (κ2) is 6.49. The van der Waals surface area contributed by atoms with Gasteiger partial charge in [-0.05, 0) is 6.92 Å². The average molecular weight is 354 g/mol. The second-order valence-corrected chi connectivity index (χ2v) is 5.97. The smallest absolute Gasteiger partial charge is 0.336 e. The van der Waals surface area contributed by atoms with E-state index in [0.717, 1.165) is 6.20 Å². The van der Waals surface area contributed by atoms with Crippen LogP contribution in [0, 0.1) is 11.6 Å². The van der Waals surface area contributed by atoms with Gasteiger partial charge in [0.15, 0.2) is 11.6 Å². The number of anilines is 3. The van der Waals surface area contributed by atoms with E-state index in [9.17, 15) is 19.4 Å². The van der Waals surface area contributed by atoms with E-state index in [4.69, 9.17) is 5.73 Å². The Balaban J connectivity index is 2.22. The number of aliphatic hydroxyl groups is 1. The summed E-state index contributed by atoms with van der Waals surface area (Å²) in [6, 6.07) is 0. The number of hydrogen-bond donors (Lipinski definition) is 4. The first-order valence-corrected chi connectivity index (χ1v) is 8.04. The molecule has 1 saturated heterocycles. The maximum absolute atomic E-state index is 15.2. The fourth-order valence-electron chi connectivity index (χ4n) is 3.30. The number of carbonyl (C=O) groups is 1. The molecule has 1 unspecified atom stereocenters. The molecule has 2 heterocycles. The van der Waals surface area contributed by atoms with Crippen LogP contribution in [0.1, 0.15) is 18.6 Å². The summed E-state index contributed by atoms with van der Waals surface area (Å²) in [6.07, 6.45) is -0.534. The van der Waals surface area contributed by atoms with Crippen LogP contribution in [0.15, 0.2) is 11.8 Å². The molecule has 0 aromatic heterocycles. The van der Waals surface area contributed by atoms with Crippen molar-refractivity contribution in [3.63, 3.8) is 0 Å². The fraction of sp³-hybridized carbons (Fsp3) is 0.438. The lowest BCUT2D eigenvalue weighted by molar-refractivity contribution is -0.133. The van der Waals surface area contributed by atoms with E-state index >= 15 is 4.39 Å². The van der Waals surface area contributed by atoms with Crippen molar-refractivity contribution in [3.8, 4) is 0 Å². The van der Waals surface area contributed by atoms with Gasteiger partial charge in [-0.3, -0.25) is 0 Å². The van der Waals surface area contributed by atoms with Gasteiger partial charge in [-0.15, -0.1) is 0 Å². The standard InChI is InChI=1S/C16H20F2N4O3/c1-2-21-7-8(16(24)25)15(23)9-12(19)10(17)14(11(18)13(9)21)22-5-3-20-4-6-22/h7,15,20,23H,2-6,19H2,1H3,(H,24,25). The predicted octanol–water partition coefficient (Wildman–Crippen LogP) is 0.798. The Morgan fingerprint density at radius 3 is 2.52 bits per heavy atom. The SMILES string of the molecule is CCN1C=C(C(=O)O)C(O)c2c(N)c(F)c(N3CCNCC3)c(F)c21. The molecule has 2 aliphatic heterocycles. The third-order valence-electron chi connectivity index (χ3n) is 4.58. The van der Waals surface area contributed by atoms with Gasteiger partial charge < -0.3 is 31.1 Å². The van der Waals surface area contributed by atoms with E-state index < -0.39 is 29.4 Å². The molecule has 0 spiro atoms. The largest absolute Gasteiger partial charge is 0.478 e. The highest BCUT2D eigenvalue weighted by Crippen LogP contribution is 2.46. The van der Waals surface area contributed by atoms with Gasteiger partial charge in [0.25, 0.3) is 0 Å². The van der Waals surface area contributed by atoms with E-state index in [1.807, 2.05) is 0 Å². The Labute approximate surface area is 143 Å². The molecule has 7 nitrogen and oxygen atoms in total. The lowest BCUT2D eigenvalue weighted by Gasteiger charge is -2.36. The van der Waals surface area contributed by atoms with Gasteiger partial charge in [-0.1, -0.05) is 0 Å². The number of halogens is 2. The van der Waals surface area contributed by atoms with Crippen LogP contribution in [0.2, 0.25) is 0 Å². The molecule has 9 heteroatoms. The average Bonchev–Trinajstić information content (AvgIpc) is 2.60. The van der Waals surface area contributed by atoms with Crippen LogP contribution in [0.3, 0.4) is 0 Å². The quantitative estimate of drug-likeness (QED) is 0.596. The number of benzene rings is 1.